The van der Waals surface area contributed by atoms with E-state index in [4.69, 9.17) is 4.74 Å². The van der Waals surface area contributed by atoms with E-state index in [9.17, 15) is 14.4 Å². The number of amides is 4. The first kappa shape index (κ1) is 19.0. The SMILES string of the molecule is COc1cccc(CN(C)C(=O)CN2C(=O)N[C@@]3(CCc4ccccc43)C2=O)c1. The summed E-state index contributed by atoms with van der Waals surface area (Å²) < 4.78 is 5.21. The van der Waals surface area contributed by atoms with E-state index in [1.807, 2.05) is 48.5 Å². The molecular weight excluding hydrogens is 370 g/mol. The van der Waals surface area contributed by atoms with Crippen LogP contribution in [-0.2, 0) is 28.1 Å². The molecule has 29 heavy (non-hydrogen) atoms. The molecule has 2 aromatic carbocycles. The maximum atomic E-state index is 13.2. The molecule has 1 fully saturated rings. The van der Waals surface area contributed by atoms with Gasteiger partial charge in [-0.15, -0.1) is 0 Å². The van der Waals surface area contributed by atoms with Gasteiger partial charge in [0.2, 0.25) is 5.91 Å². The van der Waals surface area contributed by atoms with Gasteiger partial charge in [0.15, 0.2) is 0 Å². The molecule has 0 aromatic heterocycles. The highest BCUT2D eigenvalue weighted by atomic mass is 16.5. The summed E-state index contributed by atoms with van der Waals surface area (Å²) in [5.74, 6) is 0.0505. The molecule has 0 bridgehead atoms. The van der Waals surface area contributed by atoms with Crippen molar-refractivity contribution in [2.24, 2.45) is 0 Å². The summed E-state index contributed by atoms with van der Waals surface area (Å²) in [6.45, 7) is 0.0721. The predicted octanol–water partition coefficient (Wildman–Crippen LogP) is 2.05. The van der Waals surface area contributed by atoms with Crippen LogP contribution in [-0.4, -0.2) is 48.3 Å². The monoisotopic (exact) mass is 393 g/mol. The Bertz CT molecular complexity index is 990. The molecule has 2 aromatic rings. The molecule has 7 nitrogen and oxygen atoms in total. The number of hydrogen-bond acceptors (Lipinski definition) is 4. The second-order valence-corrected chi connectivity index (χ2v) is 7.49. The van der Waals surface area contributed by atoms with Crippen LogP contribution >= 0.6 is 0 Å². The largest absolute Gasteiger partial charge is 0.497 e. The maximum Gasteiger partial charge on any atom is 0.325 e. The number of likely N-dealkylation sites (N-methyl/N-ethyl adjacent to an activating group) is 1. The van der Waals surface area contributed by atoms with Crippen molar-refractivity contribution >= 4 is 17.8 Å². The molecule has 1 aliphatic heterocycles. The highest BCUT2D eigenvalue weighted by Crippen LogP contribution is 2.41. The summed E-state index contributed by atoms with van der Waals surface area (Å²) in [7, 11) is 3.24. The van der Waals surface area contributed by atoms with Gasteiger partial charge in [0, 0.05) is 13.6 Å². The number of urea groups is 1. The first-order valence-corrected chi connectivity index (χ1v) is 9.54. The van der Waals surface area contributed by atoms with E-state index in [-0.39, 0.29) is 18.4 Å². The van der Waals surface area contributed by atoms with Crippen molar-refractivity contribution in [1.82, 2.24) is 15.1 Å². The van der Waals surface area contributed by atoms with Gasteiger partial charge in [-0.05, 0) is 41.7 Å². The average Bonchev–Trinajstić information content (AvgIpc) is 3.21. The van der Waals surface area contributed by atoms with Crippen molar-refractivity contribution in [1.29, 1.82) is 0 Å². The van der Waals surface area contributed by atoms with E-state index in [1.165, 1.54) is 4.90 Å². The van der Waals surface area contributed by atoms with Crippen molar-refractivity contribution in [3.8, 4) is 5.75 Å². The predicted molar refractivity (Wildman–Crippen MR) is 106 cm³/mol. The van der Waals surface area contributed by atoms with Crippen LogP contribution in [0.2, 0.25) is 0 Å². The standard InChI is InChI=1S/C22H23N3O4/c1-24(13-15-6-5-8-17(12-15)29-2)19(26)14-25-20(27)22(23-21(25)28)11-10-16-7-3-4-9-18(16)22/h3-9,12H,10-11,13-14H2,1-2H3,(H,23,28)/t22-/m1/s1. The molecule has 1 saturated heterocycles. The lowest BCUT2D eigenvalue weighted by atomic mass is 9.92. The summed E-state index contributed by atoms with van der Waals surface area (Å²) in [5, 5.41) is 2.84. The lowest BCUT2D eigenvalue weighted by Gasteiger charge is -2.23. The first-order chi connectivity index (χ1) is 13.9. The third-order valence-corrected chi connectivity index (χ3v) is 5.70. The van der Waals surface area contributed by atoms with E-state index >= 15 is 0 Å². The third-order valence-electron chi connectivity index (χ3n) is 5.70. The highest BCUT2D eigenvalue weighted by molar-refractivity contribution is 6.09. The molecule has 2 aliphatic rings. The molecule has 150 valence electrons. The fourth-order valence-corrected chi connectivity index (χ4v) is 4.12. The van der Waals surface area contributed by atoms with Gasteiger partial charge in [-0.25, -0.2) is 4.79 Å². The number of imide groups is 1. The summed E-state index contributed by atoms with van der Waals surface area (Å²) in [4.78, 5) is 41.0. The van der Waals surface area contributed by atoms with E-state index in [1.54, 1.807) is 14.2 Å². The maximum absolute atomic E-state index is 13.2. The first-order valence-electron chi connectivity index (χ1n) is 9.54. The van der Waals surface area contributed by atoms with Crippen LogP contribution < -0.4 is 10.1 Å². The lowest BCUT2D eigenvalue weighted by Crippen LogP contribution is -2.44. The Labute approximate surface area is 169 Å². The zero-order valence-electron chi connectivity index (χ0n) is 16.5. The molecular formula is C22H23N3O4. The van der Waals surface area contributed by atoms with Gasteiger partial charge in [0.25, 0.3) is 5.91 Å². The minimum atomic E-state index is -1.04. The minimum absolute atomic E-state index is 0.283. The number of rotatable bonds is 5. The van der Waals surface area contributed by atoms with Gasteiger partial charge in [-0.3, -0.25) is 14.5 Å². The highest BCUT2D eigenvalue weighted by Gasteiger charge is 2.55. The van der Waals surface area contributed by atoms with Gasteiger partial charge in [-0.2, -0.15) is 0 Å². The molecule has 1 N–H and O–H groups in total. The molecule has 1 heterocycles. The van der Waals surface area contributed by atoms with E-state index in [0.29, 0.717) is 18.7 Å². The Hall–Kier alpha value is -3.35. The van der Waals surface area contributed by atoms with Crippen molar-refractivity contribution in [3.63, 3.8) is 0 Å². The zero-order chi connectivity index (χ0) is 20.6. The fraction of sp³-hybridized carbons (Fsp3) is 0.318. The minimum Gasteiger partial charge on any atom is -0.497 e. The van der Waals surface area contributed by atoms with Gasteiger partial charge in [0.05, 0.1) is 7.11 Å². The normalized spacial score (nSPS) is 20.0. The molecule has 1 spiro atoms. The number of aryl methyl sites for hydroxylation is 1. The van der Waals surface area contributed by atoms with Crippen LogP contribution in [0.4, 0.5) is 4.79 Å². The van der Waals surface area contributed by atoms with Gasteiger partial charge in [0.1, 0.15) is 17.8 Å². The third kappa shape index (κ3) is 3.22. The Kier molecular flexibility index (Phi) is 4.74. The number of carbonyl (C=O) groups is 3. The van der Waals surface area contributed by atoms with Crippen molar-refractivity contribution < 1.29 is 19.1 Å². The van der Waals surface area contributed by atoms with E-state index in [2.05, 4.69) is 5.32 Å². The number of carbonyl (C=O) groups excluding carboxylic acids is 3. The van der Waals surface area contributed by atoms with Gasteiger partial charge in [-0.1, -0.05) is 36.4 Å². The number of nitrogens with zero attached hydrogens (tertiary/aromatic N) is 2. The summed E-state index contributed by atoms with van der Waals surface area (Å²) in [5.41, 5.74) is 1.75. The number of ether oxygens (including phenoxy) is 1. The number of fused-ring (bicyclic) bond motifs is 2. The van der Waals surface area contributed by atoms with Crippen LogP contribution in [0.1, 0.15) is 23.1 Å². The van der Waals surface area contributed by atoms with Crippen LogP contribution in [0.3, 0.4) is 0 Å². The Morgan fingerprint density at radius 3 is 2.79 bits per heavy atom. The van der Waals surface area contributed by atoms with Gasteiger partial charge < -0.3 is 15.0 Å². The molecule has 4 rings (SSSR count). The molecule has 1 atom stereocenters. The second-order valence-electron chi connectivity index (χ2n) is 7.49. The second kappa shape index (κ2) is 7.24. The van der Waals surface area contributed by atoms with E-state index in [0.717, 1.165) is 28.0 Å². The molecule has 7 heteroatoms. The number of benzene rings is 2. The quantitative estimate of drug-likeness (QED) is 0.789. The fourth-order valence-electron chi connectivity index (χ4n) is 4.12. The van der Waals surface area contributed by atoms with Gasteiger partial charge >= 0.3 is 6.03 Å². The summed E-state index contributed by atoms with van der Waals surface area (Å²) in [6, 6.07) is 14.5. The number of methoxy groups -OCH3 is 1. The smallest absolute Gasteiger partial charge is 0.325 e. The molecule has 4 amide bonds. The lowest BCUT2D eigenvalue weighted by molar-refractivity contribution is -0.138. The molecule has 0 saturated carbocycles. The van der Waals surface area contributed by atoms with Crippen LogP contribution in [0.15, 0.2) is 48.5 Å². The summed E-state index contributed by atoms with van der Waals surface area (Å²) in [6.07, 6.45) is 1.24. The topological polar surface area (TPSA) is 79.0 Å². The van der Waals surface area contributed by atoms with Crippen molar-refractivity contribution in [3.05, 3.63) is 65.2 Å². The Morgan fingerprint density at radius 2 is 2.00 bits per heavy atom. The van der Waals surface area contributed by atoms with Crippen LogP contribution in [0.5, 0.6) is 5.75 Å². The van der Waals surface area contributed by atoms with Crippen molar-refractivity contribution in [2.45, 2.75) is 24.9 Å². The number of hydrogen-bond donors (Lipinski definition) is 1. The average molecular weight is 393 g/mol. The van der Waals surface area contributed by atoms with E-state index < -0.39 is 11.6 Å². The van der Waals surface area contributed by atoms with Crippen LogP contribution in [0.25, 0.3) is 0 Å². The zero-order valence-corrected chi connectivity index (χ0v) is 16.5. The Morgan fingerprint density at radius 1 is 1.21 bits per heavy atom. The number of nitrogens with one attached hydrogen (secondary N) is 1. The molecule has 0 unspecified atom stereocenters. The Balaban J connectivity index is 1.47. The van der Waals surface area contributed by atoms with Crippen LogP contribution in [0, 0.1) is 0 Å². The van der Waals surface area contributed by atoms with Crippen molar-refractivity contribution in [2.75, 3.05) is 20.7 Å². The molecule has 1 aliphatic carbocycles. The molecule has 0 radical (unpaired) electrons. The summed E-state index contributed by atoms with van der Waals surface area (Å²) >= 11 is 0.